The monoisotopic (exact) mass is 182 g/mol. The molecule has 0 spiro atoms. The Morgan fingerprint density at radius 1 is 0.533 bits per heavy atom. The molecule has 2 radical (unpaired) electrons. The van der Waals surface area contributed by atoms with Crippen LogP contribution in [0.15, 0.2) is 60.7 Å². The molecule has 0 nitrogen and oxygen atoms in total. The van der Waals surface area contributed by atoms with Crippen LogP contribution in [0.25, 0.3) is 0 Å². The molecule has 0 atom stereocenters. The summed E-state index contributed by atoms with van der Waals surface area (Å²) in [6, 6.07) is 21.1. The van der Waals surface area contributed by atoms with Crippen LogP contribution >= 0.6 is 0 Å². The van der Waals surface area contributed by atoms with E-state index >= 15 is 0 Å². The van der Waals surface area contributed by atoms with E-state index in [1.807, 2.05) is 0 Å². The maximum Gasteiger partial charge on any atom is 0 e. The van der Waals surface area contributed by atoms with Gasteiger partial charge in [0.25, 0.3) is 0 Å². The van der Waals surface area contributed by atoms with E-state index in [0.717, 1.165) is 6.42 Å². The average molecular weight is 182 g/mol. The SMILES string of the molecule is [Li].[Li].c1ccc(Cc2ccccc2)cc1. The molecule has 0 heterocycles. The minimum Gasteiger partial charge on any atom is -0.0622 e. The zero-order valence-electron chi connectivity index (χ0n) is 9.48. The van der Waals surface area contributed by atoms with Crippen LogP contribution in [0, 0.1) is 0 Å². The van der Waals surface area contributed by atoms with Crippen LogP contribution in [0.5, 0.6) is 0 Å². The van der Waals surface area contributed by atoms with Gasteiger partial charge in [0.1, 0.15) is 0 Å². The Morgan fingerprint density at radius 2 is 0.867 bits per heavy atom. The van der Waals surface area contributed by atoms with Crippen LogP contribution in [0.1, 0.15) is 11.1 Å². The molecule has 0 unspecified atom stereocenters. The Morgan fingerprint density at radius 3 is 1.20 bits per heavy atom. The summed E-state index contributed by atoms with van der Waals surface area (Å²) in [5.41, 5.74) is 2.74. The van der Waals surface area contributed by atoms with Gasteiger partial charge < -0.3 is 0 Å². The molecule has 0 N–H and O–H groups in total. The minimum absolute atomic E-state index is 0. The molecule has 0 aromatic heterocycles. The molecular weight excluding hydrogens is 170 g/mol. The van der Waals surface area contributed by atoms with Crippen molar-refractivity contribution in [2.45, 2.75) is 6.42 Å². The van der Waals surface area contributed by atoms with E-state index in [1.54, 1.807) is 0 Å². The van der Waals surface area contributed by atoms with Gasteiger partial charge in [-0.25, -0.2) is 0 Å². The van der Waals surface area contributed by atoms with Crippen LogP contribution < -0.4 is 0 Å². The fourth-order valence-corrected chi connectivity index (χ4v) is 1.43. The predicted molar refractivity (Wildman–Crippen MR) is 67.2 cm³/mol. The van der Waals surface area contributed by atoms with E-state index < -0.39 is 0 Å². The molecule has 0 saturated carbocycles. The third-order valence-corrected chi connectivity index (χ3v) is 2.09. The average Bonchev–Trinajstić information content (AvgIpc) is 2.21. The predicted octanol–water partition coefficient (Wildman–Crippen LogP) is 2.52. The van der Waals surface area contributed by atoms with Gasteiger partial charge in [-0.1, -0.05) is 60.7 Å². The van der Waals surface area contributed by atoms with E-state index in [9.17, 15) is 0 Å². The standard InChI is InChI=1S/C13H12.2Li/c1-3-7-12(8-4-1)11-13-9-5-2-6-10-13;;/h1-10H,11H2;;. The van der Waals surface area contributed by atoms with Gasteiger partial charge in [-0.3, -0.25) is 0 Å². The summed E-state index contributed by atoms with van der Waals surface area (Å²) in [6.07, 6.45) is 1.03. The molecule has 2 heteroatoms. The van der Waals surface area contributed by atoms with Crippen LogP contribution in [0.3, 0.4) is 0 Å². The zero-order valence-corrected chi connectivity index (χ0v) is 9.48. The Bertz CT molecular complexity index is 319. The molecule has 2 aromatic rings. The first kappa shape index (κ1) is 14.6. The molecule has 2 rings (SSSR count). The summed E-state index contributed by atoms with van der Waals surface area (Å²) in [5.74, 6) is 0. The van der Waals surface area contributed by atoms with Crippen molar-refractivity contribution >= 4 is 37.7 Å². The van der Waals surface area contributed by atoms with E-state index in [4.69, 9.17) is 0 Å². The second-order valence-corrected chi connectivity index (χ2v) is 3.15. The van der Waals surface area contributed by atoms with E-state index in [2.05, 4.69) is 60.7 Å². The van der Waals surface area contributed by atoms with Gasteiger partial charge in [0.15, 0.2) is 0 Å². The van der Waals surface area contributed by atoms with E-state index in [-0.39, 0.29) is 37.7 Å². The zero-order chi connectivity index (χ0) is 8.93. The molecule has 0 amide bonds. The maximum atomic E-state index is 2.16. The number of benzene rings is 2. The third-order valence-electron chi connectivity index (χ3n) is 2.09. The van der Waals surface area contributed by atoms with Crippen molar-refractivity contribution < 1.29 is 0 Å². The normalized spacial score (nSPS) is 8.53. The number of hydrogen-bond acceptors (Lipinski definition) is 0. The molecule has 0 fully saturated rings. The number of rotatable bonds is 2. The summed E-state index contributed by atoms with van der Waals surface area (Å²) < 4.78 is 0. The second kappa shape index (κ2) is 7.87. The summed E-state index contributed by atoms with van der Waals surface area (Å²) in [6.45, 7) is 0. The summed E-state index contributed by atoms with van der Waals surface area (Å²) in [5, 5.41) is 0. The maximum absolute atomic E-state index is 2.16. The molecule has 0 aliphatic rings. The van der Waals surface area contributed by atoms with Gasteiger partial charge in [0.2, 0.25) is 0 Å². The summed E-state index contributed by atoms with van der Waals surface area (Å²) in [4.78, 5) is 0. The van der Waals surface area contributed by atoms with Crippen molar-refractivity contribution in [2.75, 3.05) is 0 Å². The molecule has 0 aliphatic carbocycles. The third kappa shape index (κ3) is 4.79. The van der Waals surface area contributed by atoms with Crippen molar-refractivity contribution in [3.05, 3.63) is 71.8 Å². The first-order valence-electron chi connectivity index (χ1n) is 4.53. The first-order chi connectivity index (χ1) is 6.45. The summed E-state index contributed by atoms with van der Waals surface area (Å²) in [7, 11) is 0. The first-order valence-corrected chi connectivity index (χ1v) is 4.53. The molecular formula is C13H12Li2. The fraction of sp³-hybridized carbons (Fsp3) is 0.0769. The fourth-order valence-electron chi connectivity index (χ4n) is 1.43. The Labute approximate surface area is 115 Å². The molecule has 2 aromatic carbocycles. The van der Waals surface area contributed by atoms with Crippen LogP contribution in [0.2, 0.25) is 0 Å². The Kier molecular flexibility index (Phi) is 7.67. The van der Waals surface area contributed by atoms with Gasteiger partial charge in [-0.2, -0.15) is 0 Å². The van der Waals surface area contributed by atoms with E-state index in [0.29, 0.717) is 0 Å². The molecule has 66 valence electrons. The Balaban J connectivity index is 0.000000980. The smallest absolute Gasteiger partial charge is 0 e. The van der Waals surface area contributed by atoms with Crippen molar-refractivity contribution in [2.24, 2.45) is 0 Å². The van der Waals surface area contributed by atoms with Gasteiger partial charge >= 0.3 is 0 Å². The van der Waals surface area contributed by atoms with Gasteiger partial charge in [0, 0.05) is 37.7 Å². The molecule has 0 saturated heterocycles. The van der Waals surface area contributed by atoms with Crippen molar-refractivity contribution in [3.63, 3.8) is 0 Å². The largest absolute Gasteiger partial charge is 0.0622 e. The topological polar surface area (TPSA) is 0 Å². The van der Waals surface area contributed by atoms with Crippen molar-refractivity contribution in [1.82, 2.24) is 0 Å². The molecule has 15 heavy (non-hydrogen) atoms. The molecule has 0 aliphatic heterocycles. The van der Waals surface area contributed by atoms with Crippen LogP contribution in [-0.4, -0.2) is 37.7 Å². The number of hydrogen-bond donors (Lipinski definition) is 0. The van der Waals surface area contributed by atoms with Crippen LogP contribution in [-0.2, 0) is 6.42 Å². The summed E-state index contributed by atoms with van der Waals surface area (Å²) >= 11 is 0. The minimum atomic E-state index is 0. The van der Waals surface area contributed by atoms with Crippen molar-refractivity contribution in [3.8, 4) is 0 Å². The van der Waals surface area contributed by atoms with Gasteiger partial charge in [0.05, 0.1) is 0 Å². The Hall–Kier alpha value is -0.365. The van der Waals surface area contributed by atoms with Crippen LogP contribution in [0.4, 0.5) is 0 Å². The van der Waals surface area contributed by atoms with E-state index in [1.165, 1.54) is 11.1 Å². The van der Waals surface area contributed by atoms with Gasteiger partial charge in [-0.05, 0) is 17.5 Å². The van der Waals surface area contributed by atoms with Gasteiger partial charge in [-0.15, -0.1) is 0 Å². The quantitative estimate of drug-likeness (QED) is 0.626. The van der Waals surface area contributed by atoms with Crippen molar-refractivity contribution in [1.29, 1.82) is 0 Å². The molecule has 0 bridgehead atoms. The second-order valence-electron chi connectivity index (χ2n) is 3.15.